The van der Waals surface area contributed by atoms with Crippen molar-refractivity contribution < 1.29 is 31.9 Å². The average molecular weight is 584 g/mol. The normalized spacial score (nSPS) is 11.5. The van der Waals surface area contributed by atoms with E-state index in [4.69, 9.17) is 16.3 Å². The monoisotopic (exact) mass is 583 g/mol. The molecule has 0 spiro atoms. The highest BCUT2D eigenvalue weighted by atomic mass is 35.5. The number of carbonyl (C=O) groups is 2. The Bertz CT molecular complexity index is 1840. The van der Waals surface area contributed by atoms with Crippen LogP contribution in [0.25, 0.3) is 28.2 Å². The molecule has 0 saturated heterocycles. The summed E-state index contributed by atoms with van der Waals surface area (Å²) in [6, 6.07) is 12.6. The molecule has 0 saturated carbocycles. The fourth-order valence-electron chi connectivity index (χ4n) is 4.18. The number of alkyl halides is 3. The lowest BCUT2D eigenvalue weighted by Crippen LogP contribution is -2.14. The fourth-order valence-corrected chi connectivity index (χ4v) is 4.36. The number of benzene rings is 2. The topological polar surface area (TPSA) is 98.5 Å². The minimum Gasteiger partial charge on any atom is -0.465 e. The van der Waals surface area contributed by atoms with Crippen LogP contribution in [-0.2, 0) is 10.9 Å². The van der Waals surface area contributed by atoms with E-state index >= 15 is 0 Å². The Labute approximate surface area is 234 Å². The first-order chi connectivity index (χ1) is 19.5. The average Bonchev–Trinajstić information content (AvgIpc) is 3.32. The van der Waals surface area contributed by atoms with Crippen LogP contribution in [0, 0.1) is 12.7 Å². The maximum atomic E-state index is 14.1. The molecule has 208 valence electrons. The van der Waals surface area contributed by atoms with E-state index in [0.29, 0.717) is 28.1 Å². The summed E-state index contributed by atoms with van der Waals surface area (Å²) in [6.07, 6.45) is -3.26. The molecule has 3 aromatic heterocycles. The summed E-state index contributed by atoms with van der Waals surface area (Å²) in [5, 5.41) is 6.76. The number of ether oxygens (including phenoxy) is 1. The minimum absolute atomic E-state index is 0.0105. The molecule has 5 rings (SSSR count). The first kappa shape index (κ1) is 27.7. The maximum Gasteiger partial charge on any atom is 0.416 e. The first-order valence-corrected chi connectivity index (χ1v) is 12.2. The molecule has 0 bridgehead atoms. The van der Waals surface area contributed by atoms with Gasteiger partial charge in [0.2, 0.25) is 0 Å². The summed E-state index contributed by atoms with van der Waals surface area (Å²) in [4.78, 5) is 34.1. The summed E-state index contributed by atoms with van der Waals surface area (Å²) < 4.78 is 59.7. The van der Waals surface area contributed by atoms with Crippen LogP contribution < -0.4 is 5.32 Å². The molecular weight excluding hydrogens is 566 g/mol. The number of methoxy groups -OCH3 is 1. The quantitative estimate of drug-likeness (QED) is 0.184. The number of hydrogen-bond acceptors (Lipinski definition) is 6. The number of anilines is 1. The van der Waals surface area contributed by atoms with Crippen LogP contribution in [0.1, 0.15) is 31.8 Å². The largest absolute Gasteiger partial charge is 0.465 e. The molecule has 3 heterocycles. The van der Waals surface area contributed by atoms with Crippen molar-refractivity contribution in [2.24, 2.45) is 0 Å². The van der Waals surface area contributed by atoms with E-state index in [1.807, 2.05) is 0 Å². The van der Waals surface area contributed by atoms with Crippen molar-refractivity contribution in [3.05, 3.63) is 100 Å². The van der Waals surface area contributed by atoms with Crippen LogP contribution in [0.2, 0.25) is 5.15 Å². The number of pyridine rings is 1. The highest BCUT2D eigenvalue weighted by Gasteiger charge is 2.31. The SMILES string of the molecule is COC(=O)c1cc(Cl)nn2c(-c3ccnc(NC(=O)c4cccc(C(F)(F)F)c4)c3)c(-c3ccc(F)c(C)c3)nc12. The van der Waals surface area contributed by atoms with Crippen molar-refractivity contribution >= 4 is 34.9 Å². The van der Waals surface area contributed by atoms with Crippen LogP contribution in [0.4, 0.5) is 23.4 Å². The molecule has 0 radical (unpaired) electrons. The first-order valence-electron chi connectivity index (χ1n) is 11.9. The summed E-state index contributed by atoms with van der Waals surface area (Å²) in [7, 11) is 1.20. The zero-order chi connectivity index (χ0) is 29.5. The Morgan fingerprint density at radius 3 is 2.51 bits per heavy atom. The molecule has 5 aromatic rings. The highest BCUT2D eigenvalue weighted by molar-refractivity contribution is 6.29. The number of hydrogen-bond donors (Lipinski definition) is 1. The van der Waals surface area contributed by atoms with Gasteiger partial charge in [0.25, 0.3) is 5.91 Å². The molecule has 0 aliphatic carbocycles. The van der Waals surface area contributed by atoms with E-state index < -0.39 is 29.4 Å². The number of amides is 1. The molecule has 13 heteroatoms. The Hall–Kier alpha value is -4.84. The van der Waals surface area contributed by atoms with Gasteiger partial charge in [0.05, 0.1) is 18.4 Å². The number of rotatable bonds is 5. The Kier molecular flexibility index (Phi) is 7.18. The molecule has 0 aliphatic heterocycles. The van der Waals surface area contributed by atoms with Crippen molar-refractivity contribution in [3.63, 3.8) is 0 Å². The van der Waals surface area contributed by atoms with Gasteiger partial charge in [-0.15, -0.1) is 0 Å². The lowest BCUT2D eigenvalue weighted by atomic mass is 10.0. The fraction of sp³-hybridized carbons (Fsp3) is 0.107. The van der Waals surface area contributed by atoms with Crippen LogP contribution in [0.5, 0.6) is 0 Å². The maximum absolute atomic E-state index is 14.1. The van der Waals surface area contributed by atoms with Crippen molar-refractivity contribution in [3.8, 4) is 22.5 Å². The molecule has 0 unspecified atom stereocenters. The van der Waals surface area contributed by atoms with Crippen molar-refractivity contribution in [1.29, 1.82) is 0 Å². The second-order valence-electron chi connectivity index (χ2n) is 8.84. The van der Waals surface area contributed by atoms with Gasteiger partial charge in [0.15, 0.2) is 10.8 Å². The molecule has 0 aliphatic rings. The van der Waals surface area contributed by atoms with E-state index in [2.05, 4.69) is 20.4 Å². The number of imidazole rings is 1. The second-order valence-corrected chi connectivity index (χ2v) is 9.23. The number of carbonyl (C=O) groups excluding carboxylic acids is 2. The number of aryl methyl sites for hydroxylation is 1. The van der Waals surface area contributed by atoms with Crippen LogP contribution in [0.3, 0.4) is 0 Å². The third-order valence-corrected chi connectivity index (χ3v) is 6.30. The summed E-state index contributed by atoms with van der Waals surface area (Å²) in [6.45, 7) is 1.58. The van der Waals surface area contributed by atoms with E-state index in [9.17, 15) is 27.2 Å². The predicted molar refractivity (Wildman–Crippen MR) is 142 cm³/mol. The zero-order valence-electron chi connectivity index (χ0n) is 21.3. The third kappa shape index (κ3) is 5.46. The smallest absolute Gasteiger partial charge is 0.416 e. The number of fused-ring (bicyclic) bond motifs is 1. The van der Waals surface area contributed by atoms with Crippen molar-refractivity contribution in [2.45, 2.75) is 13.1 Å². The molecule has 8 nitrogen and oxygen atoms in total. The van der Waals surface area contributed by atoms with Gasteiger partial charge in [-0.3, -0.25) is 4.79 Å². The number of nitrogens with one attached hydrogen (secondary N) is 1. The summed E-state index contributed by atoms with van der Waals surface area (Å²) in [5.74, 6) is -1.96. The van der Waals surface area contributed by atoms with E-state index in [-0.39, 0.29) is 27.7 Å². The summed E-state index contributed by atoms with van der Waals surface area (Å²) >= 11 is 6.23. The number of nitrogens with zero attached hydrogens (tertiary/aromatic N) is 4. The van der Waals surface area contributed by atoms with Crippen molar-refractivity contribution in [1.82, 2.24) is 19.6 Å². The van der Waals surface area contributed by atoms with Gasteiger partial charge in [-0.2, -0.15) is 18.3 Å². The zero-order valence-corrected chi connectivity index (χ0v) is 22.0. The molecule has 0 atom stereocenters. The molecule has 2 aromatic carbocycles. The Balaban J connectivity index is 1.64. The van der Waals surface area contributed by atoms with Crippen LogP contribution in [0.15, 0.2) is 66.9 Å². The van der Waals surface area contributed by atoms with Gasteiger partial charge in [-0.25, -0.2) is 23.7 Å². The lowest BCUT2D eigenvalue weighted by Gasteiger charge is -2.11. The lowest BCUT2D eigenvalue weighted by molar-refractivity contribution is -0.137. The highest BCUT2D eigenvalue weighted by Crippen LogP contribution is 2.35. The number of aromatic nitrogens is 4. The Morgan fingerprint density at radius 2 is 1.80 bits per heavy atom. The van der Waals surface area contributed by atoms with Crippen LogP contribution in [-0.4, -0.2) is 38.6 Å². The van der Waals surface area contributed by atoms with Crippen molar-refractivity contribution in [2.75, 3.05) is 12.4 Å². The standard InChI is InChI=1S/C28H18ClF4N5O3/c1-14-10-15(6-7-20(14)30)23-24(38-25(36-23)19(27(40)41-2)13-21(29)37-38)16-8-9-34-22(12-16)35-26(39)17-4-3-5-18(11-17)28(31,32)33/h3-13H,1-2H3,(H,34,35,39). The second kappa shape index (κ2) is 10.6. The number of esters is 1. The summed E-state index contributed by atoms with van der Waals surface area (Å²) in [5.41, 5.74) is 0.766. The van der Waals surface area contributed by atoms with E-state index in [1.54, 1.807) is 19.1 Å². The van der Waals surface area contributed by atoms with Gasteiger partial charge in [-0.05, 0) is 67.1 Å². The van der Waals surface area contributed by atoms with Gasteiger partial charge in [0, 0.05) is 22.9 Å². The molecule has 1 N–H and O–H groups in total. The third-order valence-electron chi connectivity index (χ3n) is 6.12. The van der Waals surface area contributed by atoms with Gasteiger partial charge < -0.3 is 10.1 Å². The van der Waals surface area contributed by atoms with Gasteiger partial charge >= 0.3 is 12.1 Å². The molecule has 41 heavy (non-hydrogen) atoms. The molecule has 1 amide bonds. The van der Waals surface area contributed by atoms with Gasteiger partial charge in [0.1, 0.15) is 22.9 Å². The predicted octanol–water partition coefficient (Wildman–Crippen LogP) is 6.62. The number of halogens is 5. The Morgan fingerprint density at radius 1 is 1.02 bits per heavy atom. The van der Waals surface area contributed by atoms with E-state index in [1.165, 1.54) is 48.2 Å². The molecular formula is C28H18ClF4N5O3. The minimum atomic E-state index is -4.62. The van der Waals surface area contributed by atoms with Crippen LogP contribution >= 0.6 is 11.6 Å². The molecule has 0 fully saturated rings. The van der Waals surface area contributed by atoms with E-state index in [0.717, 1.165) is 18.2 Å². The van der Waals surface area contributed by atoms with Gasteiger partial charge in [-0.1, -0.05) is 17.7 Å².